The minimum atomic E-state index is 0.149. The predicted octanol–water partition coefficient (Wildman–Crippen LogP) is 2.48. The fourth-order valence-corrected chi connectivity index (χ4v) is 4.04. The average molecular weight is 345 g/mol. The summed E-state index contributed by atoms with van der Waals surface area (Å²) < 4.78 is 5.58. The second-order valence-electron chi connectivity index (χ2n) is 7.16. The Bertz CT molecular complexity index is 552. The average Bonchev–Trinajstić information content (AvgIpc) is 3.16. The van der Waals surface area contributed by atoms with E-state index in [1.54, 1.807) is 7.11 Å². The number of hydrogen-bond donors (Lipinski definition) is 2. The summed E-state index contributed by atoms with van der Waals surface area (Å²) in [4.78, 5) is 14.9. The zero-order chi connectivity index (χ0) is 17.5. The number of benzene rings is 1. The number of nitrogens with zero attached hydrogens (tertiary/aromatic N) is 1. The summed E-state index contributed by atoms with van der Waals surface area (Å²) in [7, 11) is 1.72. The highest BCUT2D eigenvalue weighted by Gasteiger charge is 2.26. The van der Waals surface area contributed by atoms with E-state index >= 15 is 0 Å². The maximum absolute atomic E-state index is 12.4. The van der Waals surface area contributed by atoms with Crippen molar-refractivity contribution in [2.75, 3.05) is 33.3 Å². The Labute approximate surface area is 151 Å². The Balaban J connectivity index is 1.66. The van der Waals surface area contributed by atoms with E-state index in [1.807, 2.05) is 12.1 Å². The van der Waals surface area contributed by atoms with E-state index in [1.165, 1.54) is 31.2 Å². The second kappa shape index (κ2) is 9.20. The van der Waals surface area contributed by atoms with E-state index in [4.69, 9.17) is 4.74 Å². The molecule has 2 saturated heterocycles. The molecule has 2 N–H and O–H groups in total. The van der Waals surface area contributed by atoms with Crippen LogP contribution in [0, 0.1) is 0 Å². The lowest BCUT2D eigenvalue weighted by Gasteiger charge is -2.35. The summed E-state index contributed by atoms with van der Waals surface area (Å²) >= 11 is 0. The summed E-state index contributed by atoms with van der Waals surface area (Å²) in [6, 6.07) is 8.72. The molecule has 0 aromatic heterocycles. The Morgan fingerprint density at radius 1 is 1.28 bits per heavy atom. The number of rotatable bonds is 7. The van der Waals surface area contributed by atoms with E-state index < -0.39 is 0 Å². The first-order valence-corrected chi connectivity index (χ1v) is 9.65. The van der Waals surface area contributed by atoms with E-state index in [0.717, 1.165) is 31.8 Å². The summed E-state index contributed by atoms with van der Waals surface area (Å²) in [5, 5.41) is 6.58. The van der Waals surface area contributed by atoms with Crippen LogP contribution >= 0.6 is 0 Å². The molecular weight excluding hydrogens is 314 g/mol. The van der Waals surface area contributed by atoms with Gasteiger partial charge < -0.3 is 15.4 Å². The first kappa shape index (κ1) is 18.2. The maximum Gasteiger partial charge on any atom is 0.221 e. The van der Waals surface area contributed by atoms with Crippen LogP contribution in [0.1, 0.15) is 50.1 Å². The smallest absolute Gasteiger partial charge is 0.221 e. The standard InChI is InChI=1S/C20H31N3O2/c1-25-19-10-4-3-9-17(19)18(23-12-5-2-6-13-23)15-22-20(24)14-16-8-7-11-21-16/h3-4,9-10,16,18,21H,2,5-8,11-15H2,1H3,(H,22,24). The number of amides is 1. The van der Waals surface area contributed by atoms with Crippen LogP contribution < -0.4 is 15.4 Å². The normalized spacial score (nSPS) is 22.5. The highest BCUT2D eigenvalue weighted by atomic mass is 16.5. The van der Waals surface area contributed by atoms with Crippen molar-refractivity contribution in [1.29, 1.82) is 0 Å². The van der Waals surface area contributed by atoms with E-state index in [2.05, 4.69) is 27.7 Å². The molecule has 138 valence electrons. The van der Waals surface area contributed by atoms with Crippen LogP contribution in [-0.4, -0.2) is 50.1 Å². The number of para-hydroxylation sites is 1. The minimum absolute atomic E-state index is 0.149. The molecule has 0 aliphatic carbocycles. The fourth-order valence-electron chi connectivity index (χ4n) is 4.04. The zero-order valence-electron chi connectivity index (χ0n) is 15.3. The van der Waals surface area contributed by atoms with Crippen LogP contribution in [0.5, 0.6) is 5.75 Å². The molecule has 2 atom stereocenters. The Morgan fingerprint density at radius 2 is 2.08 bits per heavy atom. The van der Waals surface area contributed by atoms with Crippen molar-refractivity contribution >= 4 is 5.91 Å². The molecule has 0 spiro atoms. The zero-order valence-corrected chi connectivity index (χ0v) is 15.3. The van der Waals surface area contributed by atoms with Gasteiger partial charge in [-0.15, -0.1) is 0 Å². The van der Waals surface area contributed by atoms with E-state index in [-0.39, 0.29) is 11.9 Å². The lowest BCUT2D eigenvalue weighted by molar-refractivity contribution is -0.121. The molecule has 1 aromatic carbocycles. The Morgan fingerprint density at radius 3 is 2.80 bits per heavy atom. The quantitative estimate of drug-likeness (QED) is 0.797. The van der Waals surface area contributed by atoms with Gasteiger partial charge in [0, 0.05) is 24.6 Å². The molecule has 0 saturated carbocycles. The molecule has 2 aliphatic heterocycles. The second-order valence-corrected chi connectivity index (χ2v) is 7.16. The molecule has 2 unspecified atom stereocenters. The van der Waals surface area contributed by atoms with Gasteiger partial charge in [-0.1, -0.05) is 24.6 Å². The number of nitrogens with one attached hydrogen (secondary N) is 2. The molecule has 25 heavy (non-hydrogen) atoms. The van der Waals surface area contributed by atoms with Gasteiger partial charge in [0.25, 0.3) is 0 Å². The molecule has 5 nitrogen and oxygen atoms in total. The van der Waals surface area contributed by atoms with E-state index in [9.17, 15) is 4.79 Å². The molecule has 0 bridgehead atoms. The lowest BCUT2D eigenvalue weighted by atomic mass is 10.0. The van der Waals surface area contributed by atoms with Crippen molar-refractivity contribution < 1.29 is 9.53 Å². The molecule has 2 fully saturated rings. The van der Waals surface area contributed by atoms with Crippen LogP contribution in [0.3, 0.4) is 0 Å². The van der Waals surface area contributed by atoms with Gasteiger partial charge in [-0.05, 0) is 51.4 Å². The number of likely N-dealkylation sites (tertiary alicyclic amines) is 1. The largest absolute Gasteiger partial charge is 0.496 e. The maximum atomic E-state index is 12.4. The third kappa shape index (κ3) is 4.95. The van der Waals surface area contributed by atoms with Crippen LogP contribution in [0.4, 0.5) is 0 Å². The highest BCUT2D eigenvalue weighted by Crippen LogP contribution is 2.30. The Hall–Kier alpha value is -1.59. The lowest BCUT2D eigenvalue weighted by Crippen LogP contribution is -2.41. The predicted molar refractivity (Wildman–Crippen MR) is 99.8 cm³/mol. The number of piperidine rings is 1. The first-order valence-electron chi connectivity index (χ1n) is 9.65. The molecule has 5 heteroatoms. The van der Waals surface area contributed by atoms with Gasteiger partial charge >= 0.3 is 0 Å². The number of carbonyl (C=O) groups is 1. The molecule has 0 radical (unpaired) electrons. The molecule has 1 amide bonds. The number of ether oxygens (including phenoxy) is 1. The highest BCUT2D eigenvalue weighted by molar-refractivity contribution is 5.76. The van der Waals surface area contributed by atoms with Crippen molar-refractivity contribution in [2.45, 2.75) is 50.6 Å². The third-order valence-corrected chi connectivity index (χ3v) is 5.42. The number of methoxy groups -OCH3 is 1. The summed E-state index contributed by atoms with van der Waals surface area (Å²) in [6.45, 7) is 3.85. The van der Waals surface area contributed by atoms with Crippen LogP contribution in [0.2, 0.25) is 0 Å². The minimum Gasteiger partial charge on any atom is -0.496 e. The van der Waals surface area contributed by atoms with Crippen LogP contribution in [0.25, 0.3) is 0 Å². The van der Waals surface area contributed by atoms with Gasteiger partial charge in [0.2, 0.25) is 5.91 Å². The van der Waals surface area contributed by atoms with Crippen LogP contribution in [-0.2, 0) is 4.79 Å². The third-order valence-electron chi connectivity index (χ3n) is 5.42. The molecule has 2 heterocycles. The van der Waals surface area contributed by atoms with Crippen LogP contribution in [0.15, 0.2) is 24.3 Å². The Kier molecular flexibility index (Phi) is 6.70. The fraction of sp³-hybridized carbons (Fsp3) is 0.650. The van der Waals surface area contributed by atoms with Gasteiger partial charge in [0.15, 0.2) is 0 Å². The van der Waals surface area contributed by atoms with E-state index in [0.29, 0.717) is 19.0 Å². The van der Waals surface area contributed by atoms with Crippen molar-refractivity contribution in [3.8, 4) is 5.75 Å². The van der Waals surface area contributed by atoms with Gasteiger partial charge in [-0.25, -0.2) is 0 Å². The summed E-state index contributed by atoms with van der Waals surface area (Å²) in [6.07, 6.45) is 6.62. The molecule has 3 rings (SSSR count). The number of carbonyl (C=O) groups excluding carboxylic acids is 1. The summed E-state index contributed by atoms with van der Waals surface area (Å²) in [5.41, 5.74) is 1.17. The monoisotopic (exact) mass is 345 g/mol. The topological polar surface area (TPSA) is 53.6 Å². The van der Waals surface area contributed by atoms with Gasteiger partial charge in [-0.3, -0.25) is 9.69 Å². The number of hydrogen-bond acceptors (Lipinski definition) is 4. The molecule has 2 aliphatic rings. The van der Waals surface area contributed by atoms with Crippen molar-refractivity contribution in [1.82, 2.24) is 15.5 Å². The SMILES string of the molecule is COc1ccccc1C(CNC(=O)CC1CCCN1)N1CCCCC1. The van der Waals surface area contributed by atoms with Gasteiger partial charge in [-0.2, -0.15) is 0 Å². The van der Waals surface area contributed by atoms with Crippen molar-refractivity contribution in [3.05, 3.63) is 29.8 Å². The van der Waals surface area contributed by atoms with Crippen molar-refractivity contribution in [3.63, 3.8) is 0 Å². The molecular formula is C20H31N3O2. The first-order chi connectivity index (χ1) is 12.3. The molecule has 1 aromatic rings. The van der Waals surface area contributed by atoms with Gasteiger partial charge in [0.1, 0.15) is 5.75 Å². The van der Waals surface area contributed by atoms with Gasteiger partial charge in [0.05, 0.1) is 13.2 Å². The van der Waals surface area contributed by atoms with Crippen molar-refractivity contribution in [2.24, 2.45) is 0 Å². The summed E-state index contributed by atoms with van der Waals surface area (Å²) in [5.74, 6) is 1.06.